The molecule has 4 heteroatoms. The summed E-state index contributed by atoms with van der Waals surface area (Å²) >= 11 is 0. The molecule has 2 fully saturated rings. The molecule has 2 aliphatic heterocycles. The molecule has 2 N–H and O–H groups in total. The lowest BCUT2D eigenvalue weighted by molar-refractivity contribution is -0.126. The monoisotopic (exact) mass is 239 g/mol. The van der Waals surface area contributed by atoms with Crippen molar-refractivity contribution in [3.05, 3.63) is 0 Å². The Morgan fingerprint density at radius 2 is 2.29 bits per heavy atom. The van der Waals surface area contributed by atoms with Crippen molar-refractivity contribution >= 4 is 5.91 Å². The molecule has 4 nitrogen and oxygen atoms in total. The second-order valence-electron chi connectivity index (χ2n) is 5.34. The van der Waals surface area contributed by atoms with E-state index in [2.05, 4.69) is 22.5 Å². The number of carbonyl (C=O) groups excluding carboxylic acids is 1. The Hall–Kier alpha value is -0.610. The van der Waals surface area contributed by atoms with E-state index in [9.17, 15) is 4.79 Å². The number of rotatable bonds is 3. The molecule has 0 aromatic heterocycles. The van der Waals surface area contributed by atoms with Crippen LogP contribution in [0.25, 0.3) is 0 Å². The first-order valence-corrected chi connectivity index (χ1v) is 6.92. The Balaban J connectivity index is 1.94. The quantitative estimate of drug-likeness (QED) is 0.751. The van der Waals surface area contributed by atoms with Gasteiger partial charge in [0.15, 0.2) is 0 Å². The van der Waals surface area contributed by atoms with Gasteiger partial charge in [-0.25, -0.2) is 0 Å². The fourth-order valence-electron chi connectivity index (χ4n) is 3.29. The van der Waals surface area contributed by atoms with Gasteiger partial charge in [0, 0.05) is 26.2 Å². The van der Waals surface area contributed by atoms with Crippen LogP contribution in [0.4, 0.5) is 0 Å². The topological polar surface area (TPSA) is 44.4 Å². The Morgan fingerprint density at radius 1 is 1.47 bits per heavy atom. The van der Waals surface area contributed by atoms with Crippen molar-refractivity contribution in [1.82, 2.24) is 15.5 Å². The first-order valence-electron chi connectivity index (χ1n) is 6.92. The number of hydrogen-bond acceptors (Lipinski definition) is 3. The molecule has 0 aromatic carbocycles. The highest BCUT2D eigenvalue weighted by molar-refractivity contribution is 5.78. The fourth-order valence-corrected chi connectivity index (χ4v) is 3.29. The molecule has 2 saturated heterocycles. The van der Waals surface area contributed by atoms with Gasteiger partial charge < -0.3 is 10.6 Å². The molecule has 98 valence electrons. The van der Waals surface area contributed by atoms with E-state index in [1.807, 2.05) is 0 Å². The molecule has 2 aliphatic rings. The van der Waals surface area contributed by atoms with Gasteiger partial charge in [0.1, 0.15) is 0 Å². The molecule has 0 spiro atoms. The molecule has 0 aromatic rings. The van der Waals surface area contributed by atoms with E-state index >= 15 is 0 Å². The number of carbonyl (C=O) groups is 1. The van der Waals surface area contributed by atoms with Gasteiger partial charge in [-0.15, -0.1) is 0 Å². The molecule has 1 amide bonds. The Kier molecular flexibility index (Phi) is 4.40. The summed E-state index contributed by atoms with van der Waals surface area (Å²) in [5.74, 6) is 1.18. The molecule has 17 heavy (non-hydrogen) atoms. The molecular formula is C13H25N3O. The van der Waals surface area contributed by atoms with Gasteiger partial charge in [0.2, 0.25) is 5.91 Å². The molecule has 2 heterocycles. The van der Waals surface area contributed by atoms with Crippen LogP contribution in [0.15, 0.2) is 0 Å². The second-order valence-corrected chi connectivity index (χ2v) is 5.34. The molecule has 3 atom stereocenters. The van der Waals surface area contributed by atoms with Crippen LogP contribution in [0.1, 0.15) is 26.2 Å². The van der Waals surface area contributed by atoms with E-state index in [0.717, 1.165) is 44.9 Å². The largest absolute Gasteiger partial charge is 0.359 e. The first kappa shape index (κ1) is 12.8. The Labute approximate surface area is 104 Å². The average Bonchev–Trinajstić information content (AvgIpc) is 2.86. The maximum atomic E-state index is 11.7. The second kappa shape index (κ2) is 5.83. The van der Waals surface area contributed by atoms with Crippen molar-refractivity contribution in [3.8, 4) is 0 Å². The van der Waals surface area contributed by atoms with Gasteiger partial charge in [-0.3, -0.25) is 9.69 Å². The van der Waals surface area contributed by atoms with Gasteiger partial charge in [-0.05, 0) is 31.8 Å². The number of piperidine rings is 1. The summed E-state index contributed by atoms with van der Waals surface area (Å²) < 4.78 is 0. The highest BCUT2D eigenvalue weighted by Crippen LogP contribution is 2.25. The van der Waals surface area contributed by atoms with Crippen molar-refractivity contribution in [3.63, 3.8) is 0 Å². The molecule has 2 rings (SSSR count). The third kappa shape index (κ3) is 2.80. The van der Waals surface area contributed by atoms with Crippen molar-refractivity contribution < 1.29 is 4.79 Å². The molecule has 0 aliphatic carbocycles. The summed E-state index contributed by atoms with van der Waals surface area (Å²) in [6.07, 6.45) is 3.44. The fraction of sp³-hybridized carbons (Fsp3) is 0.923. The SMILES string of the molecule is CCC1CNCC1N1CCCC(C(=O)NC)C1. The van der Waals surface area contributed by atoms with Gasteiger partial charge in [-0.1, -0.05) is 13.3 Å². The summed E-state index contributed by atoms with van der Waals surface area (Å²) in [5.41, 5.74) is 0. The van der Waals surface area contributed by atoms with Gasteiger partial charge in [0.05, 0.1) is 5.92 Å². The Morgan fingerprint density at radius 3 is 3.00 bits per heavy atom. The summed E-state index contributed by atoms with van der Waals surface area (Å²) in [7, 11) is 1.74. The zero-order valence-electron chi connectivity index (χ0n) is 11.0. The van der Waals surface area contributed by atoms with E-state index in [-0.39, 0.29) is 11.8 Å². The predicted octanol–water partition coefficient (Wildman–Crippen LogP) is 0.442. The van der Waals surface area contributed by atoms with Gasteiger partial charge in [0.25, 0.3) is 0 Å². The van der Waals surface area contributed by atoms with Crippen molar-refractivity contribution in [2.45, 2.75) is 32.2 Å². The Bertz CT molecular complexity index is 269. The number of hydrogen-bond donors (Lipinski definition) is 2. The van der Waals surface area contributed by atoms with Gasteiger partial charge in [-0.2, -0.15) is 0 Å². The number of nitrogens with zero attached hydrogens (tertiary/aromatic N) is 1. The van der Waals surface area contributed by atoms with Crippen LogP contribution in [-0.4, -0.2) is 50.1 Å². The summed E-state index contributed by atoms with van der Waals surface area (Å²) in [6.45, 7) is 6.62. The lowest BCUT2D eigenvalue weighted by Gasteiger charge is -2.38. The molecule has 0 radical (unpaired) electrons. The lowest BCUT2D eigenvalue weighted by atomic mass is 9.92. The van der Waals surface area contributed by atoms with Crippen LogP contribution in [-0.2, 0) is 4.79 Å². The minimum absolute atomic E-state index is 0.201. The third-order valence-electron chi connectivity index (χ3n) is 4.37. The van der Waals surface area contributed by atoms with Crippen LogP contribution in [0.2, 0.25) is 0 Å². The number of likely N-dealkylation sites (tertiary alicyclic amines) is 1. The molecule has 3 unspecified atom stereocenters. The summed E-state index contributed by atoms with van der Waals surface area (Å²) in [6, 6.07) is 0.646. The van der Waals surface area contributed by atoms with E-state index in [4.69, 9.17) is 0 Å². The van der Waals surface area contributed by atoms with E-state index in [1.54, 1.807) is 7.05 Å². The zero-order valence-corrected chi connectivity index (χ0v) is 11.0. The van der Waals surface area contributed by atoms with Crippen LogP contribution < -0.4 is 10.6 Å². The van der Waals surface area contributed by atoms with Crippen molar-refractivity contribution in [2.75, 3.05) is 33.2 Å². The maximum absolute atomic E-state index is 11.7. The normalized spacial score (nSPS) is 34.8. The van der Waals surface area contributed by atoms with Crippen molar-refractivity contribution in [1.29, 1.82) is 0 Å². The molecule has 0 saturated carbocycles. The van der Waals surface area contributed by atoms with E-state index < -0.39 is 0 Å². The minimum atomic E-state index is 0.201. The van der Waals surface area contributed by atoms with Crippen LogP contribution >= 0.6 is 0 Å². The van der Waals surface area contributed by atoms with E-state index in [0.29, 0.717) is 6.04 Å². The highest BCUT2D eigenvalue weighted by Gasteiger charge is 2.34. The van der Waals surface area contributed by atoms with Crippen molar-refractivity contribution in [2.24, 2.45) is 11.8 Å². The average molecular weight is 239 g/mol. The number of amides is 1. The standard InChI is InChI=1S/C13H25N3O/c1-3-10-7-15-8-12(10)16-6-4-5-11(9-16)13(17)14-2/h10-12,15H,3-9H2,1-2H3,(H,14,17). The predicted molar refractivity (Wildman–Crippen MR) is 68.8 cm³/mol. The van der Waals surface area contributed by atoms with Crippen LogP contribution in [0.5, 0.6) is 0 Å². The lowest BCUT2D eigenvalue weighted by Crippen LogP contribution is -2.49. The number of nitrogens with one attached hydrogen (secondary N) is 2. The highest BCUT2D eigenvalue weighted by atomic mass is 16.1. The smallest absolute Gasteiger partial charge is 0.224 e. The minimum Gasteiger partial charge on any atom is -0.359 e. The van der Waals surface area contributed by atoms with Crippen LogP contribution in [0, 0.1) is 11.8 Å². The van der Waals surface area contributed by atoms with E-state index in [1.165, 1.54) is 6.42 Å². The molecular weight excluding hydrogens is 214 g/mol. The maximum Gasteiger partial charge on any atom is 0.224 e. The summed E-state index contributed by atoms with van der Waals surface area (Å²) in [5, 5.41) is 6.28. The first-order chi connectivity index (χ1) is 8.26. The third-order valence-corrected chi connectivity index (χ3v) is 4.37. The summed E-state index contributed by atoms with van der Waals surface area (Å²) in [4.78, 5) is 14.3. The van der Waals surface area contributed by atoms with Gasteiger partial charge >= 0.3 is 0 Å². The zero-order chi connectivity index (χ0) is 12.3. The molecule has 0 bridgehead atoms. The van der Waals surface area contributed by atoms with Crippen LogP contribution in [0.3, 0.4) is 0 Å².